The first kappa shape index (κ1) is 24.3. The number of benzene rings is 3. The molecule has 0 amide bonds. The van der Waals surface area contributed by atoms with Gasteiger partial charge in [-0.25, -0.2) is 9.97 Å². The number of hydrogen-bond acceptors (Lipinski definition) is 7. The van der Waals surface area contributed by atoms with Crippen LogP contribution < -0.4 is 15.4 Å². The van der Waals surface area contributed by atoms with Crippen molar-refractivity contribution in [3.63, 3.8) is 0 Å². The van der Waals surface area contributed by atoms with Crippen molar-refractivity contribution in [2.75, 3.05) is 31.5 Å². The third-order valence-corrected chi connectivity index (χ3v) is 6.20. The second kappa shape index (κ2) is 11.1. The maximum absolute atomic E-state index is 11.5. The molecule has 186 valence electrons. The fraction of sp³-hybridized carbons (Fsp3) is 0.207. The summed E-state index contributed by atoms with van der Waals surface area (Å²) in [5, 5.41) is 16.8. The number of rotatable bonds is 6. The van der Waals surface area contributed by atoms with Crippen LogP contribution in [0.3, 0.4) is 0 Å². The van der Waals surface area contributed by atoms with Gasteiger partial charge in [-0.1, -0.05) is 30.0 Å². The maximum Gasteiger partial charge on any atom is 0.322 e. The molecule has 3 aromatic carbocycles. The van der Waals surface area contributed by atoms with Gasteiger partial charge in [-0.3, -0.25) is 9.69 Å². The van der Waals surface area contributed by atoms with Gasteiger partial charge in [0.15, 0.2) is 0 Å². The first-order valence-electron chi connectivity index (χ1n) is 12.1. The third kappa shape index (κ3) is 5.86. The number of ether oxygens (including phenoxy) is 1. The second-order valence-corrected chi connectivity index (χ2v) is 8.81. The molecule has 1 aliphatic heterocycles. The van der Waals surface area contributed by atoms with Crippen LogP contribution in [0.5, 0.6) is 11.5 Å². The zero-order valence-electron chi connectivity index (χ0n) is 20.4. The molecule has 3 N–H and O–H groups in total. The Balaban J connectivity index is 1.33. The van der Waals surface area contributed by atoms with Gasteiger partial charge in [-0.05, 0) is 61.0 Å². The van der Waals surface area contributed by atoms with Crippen LogP contribution in [0.15, 0.2) is 73.1 Å². The molecule has 1 fully saturated rings. The Kier molecular flexibility index (Phi) is 7.26. The molecule has 1 aliphatic rings. The molecule has 1 unspecified atom stereocenters. The molecule has 0 spiro atoms. The molecule has 0 aliphatic carbocycles. The first-order valence-corrected chi connectivity index (χ1v) is 12.1. The number of nitrogens with one attached hydrogen (secondary N) is 2. The summed E-state index contributed by atoms with van der Waals surface area (Å²) in [5.74, 6) is 7.73. The zero-order chi connectivity index (χ0) is 25.6. The van der Waals surface area contributed by atoms with E-state index in [1.165, 1.54) is 6.33 Å². The highest BCUT2D eigenvalue weighted by molar-refractivity contribution is 5.91. The van der Waals surface area contributed by atoms with Crippen molar-refractivity contribution in [2.24, 2.45) is 0 Å². The van der Waals surface area contributed by atoms with Gasteiger partial charge in [-0.2, -0.15) is 0 Å². The molecule has 1 atom stereocenters. The van der Waals surface area contributed by atoms with E-state index in [9.17, 15) is 9.90 Å². The Morgan fingerprint density at radius 3 is 2.84 bits per heavy atom. The van der Waals surface area contributed by atoms with Crippen molar-refractivity contribution in [3.05, 3.63) is 84.2 Å². The van der Waals surface area contributed by atoms with E-state index in [4.69, 9.17) is 4.74 Å². The molecule has 4 aromatic rings. The van der Waals surface area contributed by atoms with E-state index in [-0.39, 0.29) is 0 Å². The van der Waals surface area contributed by atoms with Crippen LogP contribution in [0.25, 0.3) is 10.9 Å². The Hall–Kier alpha value is -4.45. The van der Waals surface area contributed by atoms with E-state index >= 15 is 0 Å². The largest absolute Gasteiger partial charge is 0.480 e. The second-order valence-electron chi connectivity index (χ2n) is 8.81. The van der Waals surface area contributed by atoms with E-state index in [0.717, 1.165) is 45.8 Å². The monoisotopic (exact) mass is 493 g/mol. The summed E-state index contributed by atoms with van der Waals surface area (Å²) in [6.45, 7) is 4.23. The predicted octanol–water partition coefficient (Wildman–Crippen LogP) is 4.18. The summed E-state index contributed by atoms with van der Waals surface area (Å²) in [6.07, 6.45) is 1.53. The SMILES string of the molecule is Cc1cc(Nc2ncnc3ccc(C#CCN4CCNCC4C(=O)O)cc23)ccc1Oc1ccccc1. The standard InChI is InChI=1S/C29H27N5O3/c1-20-16-22(10-12-27(20)37-23-7-3-2-4-8-23)33-28-24-17-21(9-11-25(24)31-19-32-28)6-5-14-34-15-13-30-18-26(34)29(35)36/h2-4,7-12,16-17,19,26,30H,13-15,18H2,1H3,(H,35,36)(H,31,32,33). The molecule has 5 rings (SSSR count). The van der Waals surface area contributed by atoms with Crippen molar-refractivity contribution in [3.8, 4) is 23.3 Å². The lowest BCUT2D eigenvalue weighted by atomic mass is 10.1. The van der Waals surface area contributed by atoms with Gasteiger partial charge in [0, 0.05) is 36.3 Å². The molecule has 1 aromatic heterocycles. The fourth-order valence-electron chi connectivity index (χ4n) is 4.25. The van der Waals surface area contributed by atoms with Crippen LogP contribution in [0, 0.1) is 18.8 Å². The van der Waals surface area contributed by atoms with Crippen molar-refractivity contribution >= 4 is 28.4 Å². The lowest BCUT2D eigenvalue weighted by Crippen LogP contribution is -2.54. The lowest BCUT2D eigenvalue weighted by molar-refractivity contribution is -0.143. The Morgan fingerprint density at radius 1 is 1.16 bits per heavy atom. The van der Waals surface area contributed by atoms with Gasteiger partial charge in [0.25, 0.3) is 0 Å². The summed E-state index contributed by atoms with van der Waals surface area (Å²) in [6, 6.07) is 20.8. The Labute approximate surface area is 215 Å². The number of carboxylic acids is 1. The maximum atomic E-state index is 11.5. The van der Waals surface area contributed by atoms with E-state index in [0.29, 0.717) is 25.5 Å². The first-order chi connectivity index (χ1) is 18.1. The highest BCUT2D eigenvalue weighted by Gasteiger charge is 2.27. The molecular weight excluding hydrogens is 466 g/mol. The Morgan fingerprint density at radius 2 is 2.03 bits per heavy atom. The minimum Gasteiger partial charge on any atom is -0.480 e. The van der Waals surface area contributed by atoms with Crippen molar-refractivity contribution in [1.82, 2.24) is 20.2 Å². The molecular formula is C29H27N5O3. The van der Waals surface area contributed by atoms with Crippen LogP contribution in [0.2, 0.25) is 0 Å². The molecule has 8 nitrogen and oxygen atoms in total. The summed E-state index contributed by atoms with van der Waals surface area (Å²) >= 11 is 0. The van der Waals surface area contributed by atoms with Crippen LogP contribution >= 0.6 is 0 Å². The predicted molar refractivity (Wildman–Crippen MR) is 143 cm³/mol. The highest BCUT2D eigenvalue weighted by atomic mass is 16.5. The van der Waals surface area contributed by atoms with Crippen molar-refractivity contribution < 1.29 is 14.6 Å². The number of carbonyl (C=O) groups is 1. The quantitative estimate of drug-likeness (QED) is 0.344. The van der Waals surface area contributed by atoms with Gasteiger partial charge >= 0.3 is 5.97 Å². The van der Waals surface area contributed by atoms with Gasteiger partial charge in [0.05, 0.1) is 12.1 Å². The van der Waals surface area contributed by atoms with Crippen molar-refractivity contribution in [1.29, 1.82) is 0 Å². The molecule has 0 radical (unpaired) electrons. The summed E-state index contributed by atoms with van der Waals surface area (Å²) < 4.78 is 5.99. The number of aryl methyl sites for hydroxylation is 1. The smallest absolute Gasteiger partial charge is 0.322 e. The number of nitrogens with zero attached hydrogens (tertiary/aromatic N) is 3. The number of fused-ring (bicyclic) bond motifs is 1. The van der Waals surface area contributed by atoms with E-state index < -0.39 is 12.0 Å². The minimum absolute atomic E-state index is 0.393. The number of piperazine rings is 1. The number of aliphatic carboxylic acids is 1. The van der Waals surface area contributed by atoms with Crippen molar-refractivity contribution in [2.45, 2.75) is 13.0 Å². The molecule has 8 heteroatoms. The zero-order valence-corrected chi connectivity index (χ0v) is 20.4. The summed E-state index contributed by atoms with van der Waals surface area (Å²) in [4.78, 5) is 22.2. The van der Waals surface area contributed by atoms with E-state index in [2.05, 4.69) is 32.4 Å². The normalized spacial score (nSPS) is 15.5. The third-order valence-electron chi connectivity index (χ3n) is 6.20. The van der Waals surface area contributed by atoms with Gasteiger partial charge < -0.3 is 20.5 Å². The van der Waals surface area contributed by atoms with E-state index in [1.807, 2.05) is 78.6 Å². The van der Waals surface area contributed by atoms with E-state index in [1.54, 1.807) is 0 Å². The van der Waals surface area contributed by atoms with Crippen LogP contribution in [0.4, 0.5) is 11.5 Å². The molecule has 0 bridgehead atoms. The summed E-state index contributed by atoms with van der Waals surface area (Å²) in [7, 11) is 0. The topological polar surface area (TPSA) is 99.6 Å². The summed E-state index contributed by atoms with van der Waals surface area (Å²) in [5.41, 5.74) is 3.49. The molecule has 2 heterocycles. The number of anilines is 2. The Bertz CT molecular complexity index is 1480. The van der Waals surface area contributed by atoms with Crippen LogP contribution in [-0.4, -0.2) is 58.2 Å². The molecule has 37 heavy (non-hydrogen) atoms. The molecule has 0 saturated carbocycles. The number of aromatic nitrogens is 2. The molecule has 1 saturated heterocycles. The average Bonchev–Trinajstić information content (AvgIpc) is 2.91. The van der Waals surface area contributed by atoms with Gasteiger partial charge in [-0.15, -0.1) is 0 Å². The highest BCUT2D eigenvalue weighted by Crippen LogP contribution is 2.30. The minimum atomic E-state index is -0.831. The van der Waals surface area contributed by atoms with Gasteiger partial charge in [0.2, 0.25) is 0 Å². The number of para-hydroxylation sites is 1. The number of carboxylic acid groups (broad SMARTS) is 1. The van der Waals surface area contributed by atoms with Crippen LogP contribution in [-0.2, 0) is 4.79 Å². The van der Waals surface area contributed by atoms with Gasteiger partial charge in [0.1, 0.15) is 29.7 Å². The lowest BCUT2D eigenvalue weighted by Gasteiger charge is -2.31. The average molecular weight is 494 g/mol. The number of hydrogen-bond donors (Lipinski definition) is 3. The fourth-order valence-corrected chi connectivity index (χ4v) is 4.25. The van der Waals surface area contributed by atoms with Crippen LogP contribution in [0.1, 0.15) is 11.1 Å².